The van der Waals surface area contributed by atoms with Gasteiger partial charge in [-0.2, -0.15) is 0 Å². The Kier molecular flexibility index (Phi) is 7.71. The largest absolute Gasteiger partial charge is 0.327 e. The van der Waals surface area contributed by atoms with Gasteiger partial charge in [-0.05, 0) is 31.5 Å². The Morgan fingerprint density at radius 1 is 1.07 bits per heavy atom. The van der Waals surface area contributed by atoms with E-state index in [0.717, 1.165) is 11.1 Å². The predicted octanol–water partition coefficient (Wildman–Crippen LogP) is 2.53. The van der Waals surface area contributed by atoms with E-state index in [1.807, 2.05) is 31.2 Å². The summed E-state index contributed by atoms with van der Waals surface area (Å²) >= 11 is 0. The minimum atomic E-state index is -3.77. The average molecular weight is 413 g/mol. The first-order valence-corrected chi connectivity index (χ1v) is 10.6. The number of hydrogen-bond acceptors (Lipinski definition) is 4. The lowest BCUT2D eigenvalue weighted by molar-refractivity contribution is -0.131. The van der Waals surface area contributed by atoms with E-state index in [1.165, 1.54) is 36.1 Å². The van der Waals surface area contributed by atoms with Crippen molar-refractivity contribution in [1.29, 1.82) is 0 Å². The zero-order valence-corrected chi connectivity index (χ0v) is 17.3. The maximum atomic E-state index is 12.5. The second-order valence-electron chi connectivity index (χ2n) is 6.67. The molecule has 0 unspecified atom stereocenters. The van der Waals surface area contributed by atoms with Crippen molar-refractivity contribution in [3.63, 3.8) is 0 Å². The zero-order valence-electron chi connectivity index (χ0n) is 16.5. The van der Waals surface area contributed by atoms with Gasteiger partial charge >= 0.3 is 0 Å². The molecular weight excluding hydrogens is 388 g/mol. The smallest absolute Gasteiger partial charge is 0.240 e. The van der Waals surface area contributed by atoms with Crippen LogP contribution in [0, 0.1) is 19.3 Å². The number of carbonyl (C=O) groups is 2. The summed E-state index contributed by atoms with van der Waals surface area (Å²) in [5.41, 5.74) is 2.50. The van der Waals surface area contributed by atoms with Crippen LogP contribution < -0.4 is 4.72 Å². The van der Waals surface area contributed by atoms with Crippen molar-refractivity contribution < 1.29 is 18.0 Å². The number of amides is 1. The minimum absolute atomic E-state index is 0.0156. The number of rotatable bonds is 9. The van der Waals surface area contributed by atoms with E-state index in [4.69, 9.17) is 6.42 Å². The van der Waals surface area contributed by atoms with Crippen molar-refractivity contribution >= 4 is 21.7 Å². The van der Waals surface area contributed by atoms with Gasteiger partial charge in [-0.1, -0.05) is 47.9 Å². The third-order valence-corrected chi connectivity index (χ3v) is 5.81. The number of sulfonamides is 1. The monoisotopic (exact) mass is 412 g/mol. The summed E-state index contributed by atoms with van der Waals surface area (Å²) in [7, 11) is -3.77. The van der Waals surface area contributed by atoms with Gasteiger partial charge in [-0.25, -0.2) is 13.1 Å². The van der Waals surface area contributed by atoms with Crippen LogP contribution in [0.1, 0.15) is 34.8 Å². The molecule has 0 spiro atoms. The number of nitrogens with one attached hydrogen (secondary N) is 1. The highest BCUT2D eigenvalue weighted by molar-refractivity contribution is 7.89. The Balaban J connectivity index is 1.95. The molecule has 0 radical (unpaired) electrons. The topological polar surface area (TPSA) is 83.6 Å². The molecule has 0 aliphatic carbocycles. The van der Waals surface area contributed by atoms with E-state index in [2.05, 4.69) is 10.6 Å². The highest BCUT2D eigenvalue weighted by Gasteiger charge is 2.17. The summed E-state index contributed by atoms with van der Waals surface area (Å²) in [6.07, 6.45) is 5.36. The second-order valence-corrected chi connectivity index (χ2v) is 8.43. The van der Waals surface area contributed by atoms with Gasteiger partial charge in [0, 0.05) is 25.1 Å². The molecule has 0 aromatic heterocycles. The number of aryl methyl sites for hydroxylation is 1. The molecule has 2 aromatic carbocycles. The highest BCUT2D eigenvalue weighted by atomic mass is 32.2. The normalized spacial score (nSPS) is 10.9. The van der Waals surface area contributed by atoms with Gasteiger partial charge in [0.1, 0.15) is 0 Å². The van der Waals surface area contributed by atoms with Crippen molar-refractivity contribution in [2.75, 3.05) is 13.1 Å². The number of benzene rings is 2. The van der Waals surface area contributed by atoms with Crippen molar-refractivity contribution in [2.24, 2.45) is 0 Å². The SMILES string of the molecule is C#CCN(Cc1ccc(C)cc1)C(=O)CCNS(=O)(=O)c1ccc(C(C)=O)cc1. The maximum Gasteiger partial charge on any atom is 0.240 e. The first kappa shape index (κ1) is 22.3. The summed E-state index contributed by atoms with van der Waals surface area (Å²) < 4.78 is 27.1. The van der Waals surface area contributed by atoms with Gasteiger partial charge in [-0.3, -0.25) is 9.59 Å². The quantitative estimate of drug-likeness (QED) is 0.507. The molecule has 152 valence electrons. The Morgan fingerprint density at radius 2 is 1.69 bits per heavy atom. The lowest BCUT2D eigenvalue weighted by Crippen LogP contribution is -2.34. The summed E-state index contributed by atoms with van der Waals surface area (Å²) in [4.78, 5) is 25.4. The number of Topliss-reactive ketones (excluding diaryl/α,β-unsaturated/α-hetero) is 1. The Morgan fingerprint density at radius 3 is 2.24 bits per heavy atom. The standard InChI is InChI=1S/C22H24N2O4S/c1-4-15-24(16-19-7-5-17(2)6-8-19)22(26)13-14-23-29(27,28)21-11-9-20(10-12-21)18(3)25/h1,5-12,23H,13-16H2,2-3H3. The average Bonchev–Trinajstić information content (AvgIpc) is 2.69. The molecule has 29 heavy (non-hydrogen) atoms. The molecule has 0 saturated heterocycles. The molecule has 2 aromatic rings. The molecule has 0 bridgehead atoms. The number of nitrogens with zero attached hydrogens (tertiary/aromatic N) is 1. The van der Waals surface area contributed by atoms with Crippen LogP contribution in [0.2, 0.25) is 0 Å². The number of carbonyl (C=O) groups excluding carboxylic acids is 2. The fraction of sp³-hybridized carbons (Fsp3) is 0.273. The first-order chi connectivity index (χ1) is 13.7. The van der Waals surface area contributed by atoms with E-state index in [1.54, 1.807) is 0 Å². The van der Waals surface area contributed by atoms with Gasteiger partial charge in [0.25, 0.3) is 0 Å². The number of terminal acetylenes is 1. The van der Waals surface area contributed by atoms with E-state index in [9.17, 15) is 18.0 Å². The summed E-state index contributed by atoms with van der Waals surface area (Å²) in [5.74, 6) is 2.08. The number of hydrogen-bond donors (Lipinski definition) is 1. The van der Waals surface area contributed by atoms with Gasteiger partial charge in [0.15, 0.2) is 5.78 Å². The molecule has 0 saturated carbocycles. The first-order valence-electron chi connectivity index (χ1n) is 9.10. The summed E-state index contributed by atoms with van der Waals surface area (Å²) in [6, 6.07) is 13.4. The molecule has 0 atom stereocenters. The third kappa shape index (κ3) is 6.56. The van der Waals surface area contributed by atoms with Crippen LogP contribution in [0.25, 0.3) is 0 Å². The molecule has 2 rings (SSSR count). The van der Waals surface area contributed by atoms with E-state index < -0.39 is 10.0 Å². The molecule has 1 N–H and O–H groups in total. The fourth-order valence-electron chi connectivity index (χ4n) is 2.66. The van der Waals surface area contributed by atoms with Gasteiger partial charge in [0.2, 0.25) is 15.9 Å². The van der Waals surface area contributed by atoms with Crippen LogP contribution in [-0.4, -0.2) is 38.1 Å². The van der Waals surface area contributed by atoms with Gasteiger partial charge < -0.3 is 4.90 Å². The van der Waals surface area contributed by atoms with Crippen LogP contribution in [0.15, 0.2) is 53.4 Å². The molecule has 0 fully saturated rings. The van der Waals surface area contributed by atoms with Crippen molar-refractivity contribution in [3.05, 3.63) is 65.2 Å². The second kappa shape index (κ2) is 10.0. The summed E-state index contributed by atoms with van der Waals surface area (Å²) in [6.45, 7) is 3.85. The number of ketones is 1. The van der Waals surface area contributed by atoms with Crippen molar-refractivity contribution in [3.8, 4) is 12.3 Å². The van der Waals surface area contributed by atoms with Crippen LogP contribution in [0.4, 0.5) is 0 Å². The molecule has 0 heterocycles. The molecule has 1 amide bonds. The van der Waals surface area contributed by atoms with E-state index in [-0.39, 0.29) is 36.1 Å². The Labute approximate surface area is 172 Å². The van der Waals surface area contributed by atoms with Crippen LogP contribution >= 0.6 is 0 Å². The van der Waals surface area contributed by atoms with Crippen molar-refractivity contribution in [1.82, 2.24) is 9.62 Å². The lowest BCUT2D eigenvalue weighted by atomic mass is 10.1. The van der Waals surface area contributed by atoms with E-state index in [0.29, 0.717) is 12.1 Å². The van der Waals surface area contributed by atoms with Crippen LogP contribution in [0.5, 0.6) is 0 Å². The molecule has 0 aliphatic rings. The molecule has 6 nitrogen and oxygen atoms in total. The van der Waals surface area contributed by atoms with Gasteiger partial charge in [0.05, 0.1) is 11.4 Å². The minimum Gasteiger partial charge on any atom is -0.327 e. The third-order valence-electron chi connectivity index (χ3n) is 4.33. The predicted molar refractivity (Wildman–Crippen MR) is 112 cm³/mol. The van der Waals surface area contributed by atoms with E-state index >= 15 is 0 Å². The molecule has 0 aliphatic heterocycles. The molecule has 7 heteroatoms. The molecular formula is C22H24N2O4S. The lowest BCUT2D eigenvalue weighted by Gasteiger charge is -2.20. The van der Waals surface area contributed by atoms with Gasteiger partial charge in [-0.15, -0.1) is 6.42 Å². The van der Waals surface area contributed by atoms with Crippen LogP contribution in [0.3, 0.4) is 0 Å². The van der Waals surface area contributed by atoms with Crippen LogP contribution in [-0.2, 0) is 21.4 Å². The maximum absolute atomic E-state index is 12.5. The Hall–Kier alpha value is -2.95. The van der Waals surface area contributed by atoms with Crippen molar-refractivity contribution in [2.45, 2.75) is 31.7 Å². The summed E-state index contributed by atoms with van der Waals surface area (Å²) in [5, 5.41) is 0. The Bertz CT molecular complexity index is 1000. The highest BCUT2D eigenvalue weighted by Crippen LogP contribution is 2.12. The fourth-order valence-corrected chi connectivity index (χ4v) is 3.69. The zero-order chi connectivity index (χ0) is 21.4.